The first kappa shape index (κ1) is 17.6. The van der Waals surface area contributed by atoms with Crippen molar-refractivity contribution >= 4 is 0 Å². The van der Waals surface area contributed by atoms with Crippen LogP contribution in [0.25, 0.3) is 0 Å². The van der Waals surface area contributed by atoms with Gasteiger partial charge < -0.3 is 14.2 Å². The molecule has 18 heavy (non-hydrogen) atoms. The van der Waals surface area contributed by atoms with Crippen LogP contribution in [0.3, 0.4) is 0 Å². The van der Waals surface area contributed by atoms with Gasteiger partial charge in [0.2, 0.25) is 0 Å². The van der Waals surface area contributed by atoms with Gasteiger partial charge >= 0.3 is 0 Å². The molecule has 0 heterocycles. The Morgan fingerprint density at radius 3 is 2.17 bits per heavy atom. The zero-order valence-corrected chi connectivity index (χ0v) is 12.3. The molecule has 0 aliphatic rings. The Morgan fingerprint density at radius 2 is 1.56 bits per heavy atom. The Morgan fingerprint density at radius 1 is 0.833 bits per heavy atom. The molecule has 0 spiro atoms. The Labute approximate surface area is 112 Å². The van der Waals surface area contributed by atoms with E-state index >= 15 is 0 Å². The van der Waals surface area contributed by atoms with Crippen LogP contribution in [0.5, 0.6) is 0 Å². The van der Waals surface area contributed by atoms with Crippen LogP contribution in [0, 0.1) is 0 Å². The number of hydrogen-bond donors (Lipinski definition) is 0. The molecule has 0 radical (unpaired) electrons. The highest BCUT2D eigenvalue weighted by Gasteiger charge is 2.06. The zero-order valence-electron chi connectivity index (χ0n) is 12.3. The molecule has 0 saturated heterocycles. The summed E-state index contributed by atoms with van der Waals surface area (Å²) in [5, 5.41) is 0. The van der Waals surface area contributed by atoms with E-state index in [-0.39, 0.29) is 6.29 Å². The van der Waals surface area contributed by atoms with Gasteiger partial charge in [0.1, 0.15) is 0 Å². The topological polar surface area (TPSA) is 27.7 Å². The van der Waals surface area contributed by atoms with E-state index < -0.39 is 0 Å². The summed E-state index contributed by atoms with van der Waals surface area (Å²) < 4.78 is 16.2. The van der Waals surface area contributed by atoms with Gasteiger partial charge in [-0.3, -0.25) is 0 Å². The molecule has 3 heteroatoms. The summed E-state index contributed by atoms with van der Waals surface area (Å²) in [5.41, 5.74) is 0. The number of hydrogen-bond acceptors (Lipinski definition) is 3. The molecular weight excluding hydrogens is 228 g/mol. The molecule has 0 aliphatic heterocycles. The minimum Gasteiger partial charge on any atom is -0.378 e. The molecule has 0 bridgehead atoms. The number of allylic oxidation sites excluding steroid dienone is 1. The summed E-state index contributed by atoms with van der Waals surface area (Å²) in [4.78, 5) is 0. The molecule has 0 unspecified atom stereocenters. The average Bonchev–Trinajstić information content (AvgIpc) is 2.37. The van der Waals surface area contributed by atoms with Gasteiger partial charge in [0.25, 0.3) is 0 Å². The smallest absolute Gasteiger partial charge is 0.157 e. The van der Waals surface area contributed by atoms with Gasteiger partial charge in [-0.05, 0) is 46.5 Å². The number of unbranched alkanes of at least 4 members (excludes halogenated alkanes) is 3. The lowest BCUT2D eigenvalue weighted by molar-refractivity contribution is -0.140. The Balaban J connectivity index is 3.34. The molecule has 0 aromatic rings. The lowest BCUT2D eigenvalue weighted by atomic mass is 10.1. The van der Waals surface area contributed by atoms with Crippen molar-refractivity contribution in [1.82, 2.24) is 0 Å². The van der Waals surface area contributed by atoms with Crippen LogP contribution in [-0.4, -0.2) is 32.7 Å². The maximum atomic E-state index is 5.50. The molecule has 0 aromatic carbocycles. The maximum absolute atomic E-state index is 5.50. The molecule has 108 valence electrons. The predicted octanol–water partition coefficient (Wildman–Crippen LogP) is 3.93. The van der Waals surface area contributed by atoms with Crippen molar-refractivity contribution in [1.29, 1.82) is 0 Å². The van der Waals surface area contributed by atoms with Gasteiger partial charge in [-0.2, -0.15) is 0 Å². The van der Waals surface area contributed by atoms with E-state index in [1.165, 1.54) is 19.3 Å². The molecule has 0 aliphatic carbocycles. The Kier molecular flexibility index (Phi) is 14.4. The van der Waals surface area contributed by atoms with Crippen molar-refractivity contribution in [3.05, 3.63) is 12.2 Å². The van der Waals surface area contributed by atoms with Crippen LogP contribution >= 0.6 is 0 Å². The van der Waals surface area contributed by atoms with Crippen molar-refractivity contribution in [2.75, 3.05) is 26.4 Å². The van der Waals surface area contributed by atoms with E-state index in [4.69, 9.17) is 14.2 Å². The second-order valence-electron chi connectivity index (χ2n) is 4.11. The van der Waals surface area contributed by atoms with E-state index in [0.717, 1.165) is 39.3 Å². The van der Waals surface area contributed by atoms with Gasteiger partial charge in [-0.1, -0.05) is 18.6 Å². The quantitative estimate of drug-likeness (QED) is 0.284. The normalized spacial score (nSPS) is 11.8. The van der Waals surface area contributed by atoms with Gasteiger partial charge in [0, 0.05) is 19.8 Å². The number of rotatable bonds is 13. The Hall–Kier alpha value is -0.380. The van der Waals surface area contributed by atoms with Crippen molar-refractivity contribution in [3.8, 4) is 0 Å². The van der Waals surface area contributed by atoms with E-state index in [1.54, 1.807) is 0 Å². The van der Waals surface area contributed by atoms with E-state index in [1.807, 2.05) is 20.8 Å². The highest BCUT2D eigenvalue weighted by atomic mass is 16.7. The highest BCUT2D eigenvalue weighted by molar-refractivity contribution is 4.81. The van der Waals surface area contributed by atoms with Crippen molar-refractivity contribution < 1.29 is 14.2 Å². The summed E-state index contributed by atoms with van der Waals surface area (Å²) in [7, 11) is 0. The second kappa shape index (κ2) is 14.7. The van der Waals surface area contributed by atoms with Crippen LogP contribution in [0.15, 0.2) is 12.2 Å². The standard InChI is InChI=1S/C15H30O3/c1-4-16-14-12-10-8-7-9-11-13-15(17-5-2)18-6-3/h10,12,15H,4-9,11,13-14H2,1-3H3. The minimum absolute atomic E-state index is 0.00602. The minimum atomic E-state index is -0.00602. The zero-order chi connectivity index (χ0) is 13.5. The molecule has 0 N–H and O–H groups in total. The van der Waals surface area contributed by atoms with Crippen LogP contribution in [-0.2, 0) is 14.2 Å². The largest absolute Gasteiger partial charge is 0.378 e. The van der Waals surface area contributed by atoms with Crippen molar-refractivity contribution in [2.24, 2.45) is 0 Å². The fourth-order valence-corrected chi connectivity index (χ4v) is 1.71. The summed E-state index contributed by atoms with van der Waals surface area (Å²) in [6.07, 6.45) is 10.1. The van der Waals surface area contributed by atoms with Crippen LogP contribution in [0.2, 0.25) is 0 Å². The molecule has 0 rings (SSSR count). The fraction of sp³-hybridized carbons (Fsp3) is 0.867. The lowest BCUT2D eigenvalue weighted by Gasteiger charge is -2.16. The van der Waals surface area contributed by atoms with Gasteiger partial charge in [0.05, 0.1) is 6.61 Å². The summed E-state index contributed by atoms with van der Waals surface area (Å²) in [5.74, 6) is 0. The molecule has 0 aromatic heterocycles. The van der Waals surface area contributed by atoms with Crippen molar-refractivity contribution in [3.63, 3.8) is 0 Å². The summed E-state index contributed by atoms with van der Waals surface area (Å²) in [6, 6.07) is 0. The first-order valence-corrected chi connectivity index (χ1v) is 7.31. The third-order valence-electron chi connectivity index (χ3n) is 2.60. The van der Waals surface area contributed by atoms with Gasteiger partial charge in [-0.15, -0.1) is 0 Å². The summed E-state index contributed by atoms with van der Waals surface area (Å²) >= 11 is 0. The molecule has 3 nitrogen and oxygen atoms in total. The predicted molar refractivity (Wildman–Crippen MR) is 75.8 cm³/mol. The number of ether oxygens (including phenoxy) is 3. The Bertz CT molecular complexity index is 175. The average molecular weight is 258 g/mol. The van der Waals surface area contributed by atoms with Crippen molar-refractivity contribution in [2.45, 2.75) is 59.2 Å². The third-order valence-corrected chi connectivity index (χ3v) is 2.60. The monoisotopic (exact) mass is 258 g/mol. The molecular formula is C15H30O3. The van der Waals surface area contributed by atoms with Gasteiger partial charge in [0.15, 0.2) is 6.29 Å². The third kappa shape index (κ3) is 12.1. The van der Waals surface area contributed by atoms with E-state index in [9.17, 15) is 0 Å². The fourth-order valence-electron chi connectivity index (χ4n) is 1.71. The molecule has 0 atom stereocenters. The highest BCUT2D eigenvalue weighted by Crippen LogP contribution is 2.10. The van der Waals surface area contributed by atoms with Gasteiger partial charge in [-0.25, -0.2) is 0 Å². The summed E-state index contributed by atoms with van der Waals surface area (Å²) in [6.45, 7) is 9.02. The maximum Gasteiger partial charge on any atom is 0.157 e. The molecule has 0 fully saturated rings. The lowest BCUT2D eigenvalue weighted by Crippen LogP contribution is -2.17. The van der Waals surface area contributed by atoms with E-state index in [2.05, 4.69) is 12.2 Å². The van der Waals surface area contributed by atoms with Crippen LogP contribution in [0.4, 0.5) is 0 Å². The first-order valence-electron chi connectivity index (χ1n) is 7.31. The second-order valence-corrected chi connectivity index (χ2v) is 4.11. The first-order chi connectivity index (χ1) is 8.85. The molecule has 0 saturated carbocycles. The van der Waals surface area contributed by atoms with Crippen LogP contribution in [0.1, 0.15) is 52.9 Å². The SMILES string of the molecule is CCOCC=CCCCCCC(OCC)OCC. The van der Waals surface area contributed by atoms with E-state index in [0.29, 0.717) is 0 Å². The van der Waals surface area contributed by atoms with Crippen LogP contribution < -0.4 is 0 Å². The molecule has 0 amide bonds.